The van der Waals surface area contributed by atoms with Gasteiger partial charge in [-0.2, -0.15) is 0 Å². The smallest absolute Gasteiger partial charge is 0.338 e. The Bertz CT molecular complexity index is 1440. The largest absolute Gasteiger partial charge is 0.478 e. The van der Waals surface area contributed by atoms with Crippen LogP contribution in [-0.2, 0) is 32.0 Å². The molecule has 0 unspecified atom stereocenters. The van der Waals surface area contributed by atoms with Gasteiger partial charge in [-0.15, -0.1) is 0 Å². The monoisotopic (exact) mass is 490 g/mol. The van der Waals surface area contributed by atoms with E-state index in [4.69, 9.17) is 17.1 Å². The third-order valence-electron chi connectivity index (χ3n) is 5.00. The molecule has 0 bridgehead atoms. The molecule has 0 saturated carbocycles. The molecule has 0 radical (unpaired) electrons. The second kappa shape index (κ2) is 9.91. The van der Waals surface area contributed by atoms with Crippen molar-refractivity contribution in [2.45, 2.75) is 20.0 Å². The normalized spacial score (nSPS) is 11.5. The van der Waals surface area contributed by atoms with Crippen molar-refractivity contribution in [1.82, 2.24) is 13.7 Å². The lowest BCUT2D eigenvalue weighted by molar-refractivity contribution is 0.0691. The predicted octanol–water partition coefficient (Wildman–Crippen LogP) is 2.72. The van der Waals surface area contributed by atoms with Crippen molar-refractivity contribution in [3.63, 3.8) is 0 Å². The van der Waals surface area contributed by atoms with Gasteiger partial charge in [-0.3, -0.25) is 9.13 Å². The molecular weight excluding hydrogens is 470 g/mol. The molecule has 1 heterocycles. The molecule has 0 fully saturated rings. The first-order valence-electron chi connectivity index (χ1n) is 9.87. The summed E-state index contributed by atoms with van der Waals surface area (Å²) in [6.45, 7) is 1.55. The summed E-state index contributed by atoms with van der Waals surface area (Å²) in [5.41, 5.74) is -3.39. The molecule has 0 spiro atoms. The molecule has 1 N–H and O–H groups in total. The van der Waals surface area contributed by atoms with Gasteiger partial charge in [0.05, 0.1) is 17.0 Å². The minimum atomic E-state index is -1.70. The quantitative estimate of drug-likeness (QED) is 0.310. The number of aromatic carboxylic acids is 1. The number of hydrogen-bond acceptors (Lipinski definition) is 6. The van der Waals surface area contributed by atoms with Crippen LogP contribution in [0.4, 0.5) is 8.78 Å². The molecule has 1 aromatic heterocycles. The second-order valence-electron chi connectivity index (χ2n) is 7.42. The molecule has 0 amide bonds. The summed E-state index contributed by atoms with van der Waals surface area (Å²) < 4.78 is 32.5. The maximum Gasteiger partial charge on any atom is 0.338 e. The second-order valence-corrected chi connectivity index (χ2v) is 7.78. The molecule has 0 atom stereocenters. The number of rotatable bonds is 7. The van der Waals surface area contributed by atoms with Gasteiger partial charge in [0.2, 0.25) is 0 Å². The summed E-state index contributed by atoms with van der Waals surface area (Å²) >= 11 is 4.99. The van der Waals surface area contributed by atoms with Crippen molar-refractivity contribution >= 4 is 23.9 Å². The molecule has 0 aliphatic heterocycles. The number of hydrogen-bond donors (Lipinski definition) is 1. The summed E-state index contributed by atoms with van der Waals surface area (Å²) in [5, 5.41) is 13.3. The zero-order valence-corrected chi connectivity index (χ0v) is 19.2. The van der Waals surface area contributed by atoms with Gasteiger partial charge in [-0.05, 0) is 30.8 Å². The third-order valence-corrected chi connectivity index (χ3v) is 5.55. The van der Waals surface area contributed by atoms with Crippen LogP contribution in [0.3, 0.4) is 0 Å². The summed E-state index contributed by atoms with van der Waals surface area (Å²) in [7, 11) is 2.53. The van der Waals surface area contributed by atoms with E-state index in [1.807, 2.05) is 18.2 Å². The van der Waals surface area contributed by atoms with Gasteiger partial charge < -0.3 is 9.94 Å². The maximum atomic E-state index is 15.5. The van der Waals surface area contributed by atoms with Crippen LogP contribution in [0.5, 0.6) is 0 Å². The van der Waals surface area contributed by atoms with Gasteiger partial charge in [0, 0.05) is 26.1 Å². The first-order valence-corrected chi connectivity index (χ1v) is 10.3. The van der Waals surface area contributed by atoms with Gasteiger partial charge >= 0.3 is 17.3 Å². The zero-order valence-electron chi connectivity index (χ0n) is 18.4. The van der Waals surface area contributed by atoms with E-state index in [0.29, 0.717) is 10.6 Å². The summed E-state index contributed by atoms with van der Waals surface area (Å²) in [6, 6.07) is 9.66. The fourth-order valence-electron chi connectivity index (χ4n) is 3.21. The Labute approximate surface area is 196 Å². The van der Waals surface area contributed by atoms with E-state index in [1.54, 1.807) is 12.1 Å². The number of halogens is 2. The highest BCUT2D eigenvalue weighted by Crippen LogP contribution is 2.24. The lowest BCUT2D eigenvalue weighted by Gasteiger charge is -2.15. The van der Waals surface area contributed by atoms with E-state index in [1.165, 1.54) is 21.0 Å². The molecule has 2 aromatic carbocycles. The first kappa shape index (κ1) is 24.7. The van der Waals surface area contributed by atoms with Crippen molar-refractivity contribution in [1.29, 1.82) is 0 Å². The van der Waals surface area contributed by atoms with Gasteiger partial charge in [0.15, 0.2) is 10.6 Å². The van der Waals surface area contributed by atoms with Gasteiger partial charge in [-0.25, -0.2) is 27.7 Å². The van der Waals surface area contributed by atoms with Crippen LogP contribution in [0.15, 0.2) is 51.1 Å². The Hall–Kier alpha value is -3.93. The highest BCUT2D eigenvalue weighted by Gasteiger charge is 2.26. The lowest BCUT2D eigenvalue weighted by atomic mass is 10.0. The molecule has 0 saturated heterocycles. The average molecular weight is 490 g/mol. The van der Waals surface area contributed by atoms with Crippen molar-refractivity contribution < 1.29 is 23.5 Å². The molecular formula is C22H20F2N4O5S. The highest BCUT2D eigenvalue weighted by atomic mass is 32.1. The van der Waals surface area contributed by atoms with Gasteiger partial charge in [0.25, 0.3) is 0 Å². The van der Waals surface area contributed by atoms with Crippen molar-refractivity contribution in [3.8, 4) is 5.69 Å². The highest BCUT2D eigenvalue weighted by molar-refractivity contribution is 7.71. The number of carbonyl (C=O) groups is 1. The number of carboxylic acid groups (broad SMARTS) is 1. The van der Waals surface area contributed by atoms with Crippen LogP contribution in [0.25, 0.3) is 5.69 Å². The van der Waals surface area contributed by atoms with E-state index >= 15 is 4.39 Å². The molecule has 12 heteroatoms. The lowest BCUT2D eigenvalue weighted by Crippen LogP contribution is -2.44. The third kappa shape index (κ3) is 4.71. The fraction of sp³-hybridized carbons (Fsp3) is 0.227. The Morgan fingerprint density at radius 3 is 2.24 bits per heavy atom. The van der Waals surface area contributed by atoms with E-state index in [0.717, 1.165) is 14.7 Å². The van der Waals surface area contributed by atoms with Crippen molar-refractivity contribution in [3.05, 3.63) is 90.5 Å². The summed E-state index contributed by atoms with van der Waals surface area (Å²) in [4.78, 5) is 42.2. The summed E-state index contributed by atoms with van der Waals surface area (Å²) in [6.07, 6.45) is -0.471. The van der Waals surface area contributed by atoms with E-state index < -0.39 is 52.2 Å². The van der Waals surface area contributed by atoms with Crippen molar-refractivity contribution in [2.24, 2.45) is 19.3 Å². The minimum absolute atomic E-state index is 0.110. The number of aromatic nitrogens is 3. The number of oxime groups is 1. The molecule has 3 rings (SSSR count). The van der Waals surface area contributed by atoms with Gasteiger partial charge in [0.1, 0.15) is 12.4 Å². The van der Waals surface area contributed by atoms with E-state index in [9.17, 15) is 23.9 Å². The topological polar surface area (TPSA) is 108 Å². The van der Waals surface area contributed by atoms with E-state index in [2.05, 4.69) is 5.16 Å². The molecule has 34 heavy (non-hydrogen) atoms. The minimum Gasteiger partial charge on any atom is -0.478 e. The number of carboxylic acids is 1. The van der Waals surface area contributed by atoms with Crippen LogP contribution in [0, 0.1) is 16.4 Å². The van der Waals surface area contributed by atoms with Crippen molar-refractivity contribution in [2.75, 3.05) is 0 Å². The van der Waals surface area contributed by atoms with Crippen LogP contribution < -0.4 is 11.4 Å². The zero-order chi connectivity index (χ0) is 25.2. The van der Waals surface area contributed by atoms with Crippen LogP contribution in [-0.4, -0.2) is 30.5 Å². The Morgan fingerprint density at radius 1 is 1.09 bits per heavy atom. The standard InChI is InChI=1S/C22H20F2N4O5S/c1-12(25-33-11-13-7-5-4-6-8-13)9-14-17(23)15(19(29)30)10-16(18(14)24)28-20(31)26(2)22(34)27(3)21(28)32/h4-8,10H,9,11H2,1-3H3,(H,29,30). The Morgan fingerprint density at radius 2 is 1.68 bits per heavy atom. The molecule has 0 aliphatic rings. The van der Waals surface area contributed by atoms with Crippen LogP contribution >= 0.6 is 12.2 Å². The molecule has 0 aliphatic carbocycles. The predicted molar refractivity (Wildman–Crippen MR) is 122 cm³/mol. The Kier molecular flexibility index (Phi) is 7.20. The van der Waals surface area contributed by atoms with Gasteiger partial charge in [-0.1, -0.05) is 35.5 Å². The maximum absolute atomic E-state index is 15.5. The van der Waals surface area contributed by atoms with Crippen LogP contribution in [0.1, 0.15) is 28.4 Å². The molecule has 3 aromatic rings. The van der Waals surface area contributed by atoms with E-state index in [-0.39, 0.29) is 17.1 Å². The number of nitrogens with zero attached hydrogens (tertiary/aromatic N) is 4. The molecule has 9 nitrogen and oxygen atoms in total. The number of benzene rings is 2. The first-order chi connectivity index (χ1) is 16.0. The molecule has 178 valence electrons. The Balaban J connectivity index is 2.11. The average Bonchev–Trinajstić information content (AvgIpc) is 2.81. The van der Waals surface area contributed by atoms with Crippen LogP contribution in [0.2, 0.25) is 0 Å². The fourth-order valence-corrected chi connectivity index (χ4v) is 3.36. The SMILES string of the molecule is CC(Cc1c(F)c(C(=O)O)cc(-n2c(=O)n(C)c(=S)n(C)c2=O)c1F)=NOCc1ccccc1. The summed E-state index contributed by atoms with van der Waals surface area (Å²) in [5.74, 6) is -4.33.